The standard InChI is InChI=1S/C12H16ClN3S/c1-7-5-8-9(14-6-12(2,3)4)15-11(13)16-10(8)17-7/h5H,6H2,1-4H3,(H,14,15,16). The van der Waals surface area contributed by atoms with E-state index in [4.69, 9.17) is 11.6 Å². The van der Waals surface area contributed by atoms with Gasteiger partial charge in [-0.3, -0.25) is 0 Å². The third kappa shape index (κ3) is 3.07. The molecule has 0 aliphatic carbocycles. The van der Waals surface area contributed by atoms with Gasteiger partial charge in [0, 0.05) is 11.4 Å². The minimum absolute atomic E-state index is 0.203. The molecule has 2 aromatic heterocycles. The summed E-state index contributed by atoms with van der Waals surface area (Å²) in [4.78, 5) is 10.7. The van der Waals surface area contributed by atoms with Crippen LogP contribution in [0.2, 0.25) is 5.28 Å². The molecular formula is C12H16ClN3S. The maximum atomic E-state index is 5.93. The van der Waals surface area contributed by atoms with Crippen LogP contribution in [0.3, 0.4) is 0 Å². The molecule has 0 aromatic carbocycles. The van der Waals surface area contributed by atoms with Crippen LogP contribution in [0.4, 0.5) is 5.82 Å². The van der Waals surface area contributed by atoms with Gasteiger partial charge in [0.05, 0.1) is 5.39 Å². The molecule has 92 valence electrons. The highest BCUT2D eigenvalue weighted by molar-refractivity contribution is 7.18. The van der Waals surface area contributed by atoms with Crippen LogP contribution in [0.15, 0.2) is 6.07 Å². The minimum Gasteiger partial charge on any atom is -0.369 e. The molecule has 0 unspecified atom stereocenters. The van der Waals surface area contributed by atoms with Crippen molar-refractivity contribution in [3.05, 3.63) is 16.2 Å². The smallest absolute Gasteiger partial charge is 0.225 e. The summed E-state index contributed by atoms with van der Waals surface area (Å²) >= 11 is 7.57. The van der Waals surface area contributed by atoms with Gasteiger partial charge in [0.25, 0.3) is 0 Å². The zero-order valence-corrected chi connectivity index (χ0v) is 12.0. The van der Waals surface area contributed by atoms with Crippen molar-refractivity contribution >= 4 is 39.0 Å². The zero-order chi connectivity index (χ0) is 12.6. The summed E-state index contributed by atoms with van der Waals surface area (Å²) in [5.41, 5.74) is 0.203. The van der Waals surface area contributed by atoms with E-state index in [-0.39, 0.29) is 5.41 Å². The van der Waals surface area contributed by atoms with Gasteiger partial charge in [-0.25, -0.2) is 9.97 Å². The summed E-state index contributed by atoms with van der Waals surface area (Å²) in [6.07, 6.45) is 0. The molecule has 0 amide bonds. The lowest BCUT2D eigenvalue weighted by Crippen LogP contribution is -2.19. The Hall–Kier alpha value is -0.870. The molecule has 0 spiro atoms. The topological polar surface area (TPSA) is 37.8 Å². The molecule has 17 heavy (non-hydrogen) atoms. The molecular weight excluding hydrogens is 254 g/mol. The fourth-order valence-electron chi connectivity index (χ4n) is 1.50. The average molecular weight is 270 g/mol. The van der Waals surface area contributed by atoms with E-state index >= 15 is 0 Å². The molecule has 0 radical (unpaired) electrons. The van der Waals surface area contributed by atoms with Crippen molar-refractivity contribution in [2.75, 3.05) is 11.9 Å². The number of halogens is 1. The van der Waals surface area contributed by atoms with Crippen LogP contribution >= 0.6 is 22.9 Å². The van der Waals surface area contributed by atoms with Crippen LogP contribution in [-0.4, -0.2) is 16.5 Å². The predicted molar refractivity (Wildman–Crippen MR) is 75.1 cm³/mol. The monoisotopic (exact) mass is 269 g/mol. The molecule has 2 aromatic rings. The van der Waals surface area contributed by atoms with E-state index in [0.717, 1.165) is 22.6 Å². The van der Waals surface area contributed by atoms with Crippen molar-refractivity contribution in [3.8, 4) is 0 Å². The number of nitrogens with zero attached hydrogens (tertiary/aromatic N) is 2. The molecule has 0 fully saturated rings. The maximum absolute atomic E-state index is 5.93. The third-order valence-corrected chi connectivity index (χ3v) is 3.39. The summed E-state index contributed by atoms with van der Waals surface area (Å²) < 4.78 is 0. The molecule has 2 heterocycles. The normalized spacial score (nSPS) is 12.1. The number of aromatic nitrogens is 2. The first-order valence-electron chi connectivity index (χ1n) is 5.53. The minimum atomic E-state index is 0.203. The second-order valence-corrected chi connectivity index (χ2v) is 6.90. The Morgan fingerprint density at radius 2 is 2.06 bits per heavy atom. The molecule has 5 heteroatoms. The lowest BCUT2D eigenvalue weighted by molar-refractivity contribution is 0.442. The summed E-state index contributed by atoms with van der Waals surface area (Å²) in [5.74, 6) is 0.833. The number of fused-ring (bicyclic) bond motifs is 1. The predicted octanol–water partition coefficient (Wildman–Crippen LogP) is 4.11. The molecule has 0 saturated heterocycles. The van der Waals surface area contributed by atoms with E-state index in [1.54, 1.807) is 11.3 Å². The van der Waals surface area contributed by atoms with Crippen LogP contribution in [0, 0.1) is 12.3 Å². The van der Waals surface area contributed by atoms with Gasteiger partial charge in [-0.15, -0.1) is 11.3 Å². The number of aryl methyl sites for hydroxylation is 1. The highest BCUT2D eigenvalue weighted by atomic mass is 35.5. The SMILES string of the molecule is Cc1cc2c(NCC(C)(C)C)nc(Cl)nc2s1. The fraction of sp³-hybridized carbons (Fsp3) is 0.500. The van der Waals surface area contributed by atoms with E-state index in [0.29, 0.717) is 5.28 Å². The van der Waals surface area contributed by atoms with Gasteiger partial charge < -0.3 is 5.32 Å². The van der Waals surface area contributed by atoms with Gasteiger partial charge in [-0.05, 0) is 30.0 Å². The van der Waals surface area contributed by atoms with Gasteiger partial charge in [0.1, 0.15) is 10.6 Å². The molecule has 0 atom stereocenters. The Labute approximate surface area is 110 Å². The highest BCUT2D eigenvalue weighted by Gasteiger charge is 2.13. The van der Waals surface area contributed by atoms with Crippen molar-refractivity contribution < 1.29 is 0 Å². The summed E-state index contributed by atoms with van der Waals surface area (Å²) in [6, 6.07) is 2.10. The Balaban J connectivity index is 2.38. The van der Waals surface area contributed by atoms with E-state index in [1.807, 2.05) is 0 Å². The van der Waals surface area contributed by atoms with Crippen LogP contribution < -0.4 is 5.32 Å². The second-order valence-electron chi connectivity index (χ2n) is 5.33. The number of nitrogens with one attached hydrogen (secondary N) is 1. The maximum Gasteiger partial charge on any atom is 0.225 e. The summed E-state index contributed by atoms with van der Waals surface area (Å²) in [6.45, 7) is 9.45. The quantitative estimate of drug-likeness (QED) is 0.834. The summed E-state index contributed by atoms with van der Waals surface area (Å²) in [5, 5.41) is 4.71. The third-order valence-electron chi connectivity index (χ3n) is 2.27. The van der Waals surface area contributed by atoms with Gasteiger partial charge in [-0.2, -0.15) is 0 Å². The highest BCUT2D eigenvalue weighted by Crippen LogP contribution is 2.30. The van der Waals surface area contributed by atoms with Crippen LogP contribution in [0.1, 0.15) is 25.6 Å². The lowest BCUT2D eigenvalue weighted by Gasteiger charge is -2.19. The van der Waals surface area contributed by atoms with Gasteiger partial charge in [0.15, 0.2) is 0 Å². The van der Waals surface area contributed by atoms with Crippen molar-refractivity contribution in [2.24, 2.45) is 5.41 Å². The molecule has 0 saturated carbocycles. The molecule has 3 nitrogen and oxygen atoms in total. The van der Waals surface area contributed by atoms with Crippen molar-refractivity contribution in [1.82, 2.24) is 9.97 Å². The van der Waals surface area contributed by atoms with Gasteiger partial charge in [-0.1, -0.05) is 20.8 Å². The van der Waals surface area contributed by atoms with E-state index in [2.05, 4.69) is 49.0 Å². The Morgan fingerprint density at radius 3 is 2.71 bits per heavy atom. The van der Waals surface area contributed by atoms with Crippen molar-refractivity contribution in [3.63, 3.8) is 0 Å². The van der Waals surface area contributed by atoms with Gasteiger partial charge >= 0.3 is 0 Å². The number of thiophene rings is 1. The van der Waals surface area contributed by atoms with Crippen molar-refractivity contribution in [2.45, 2.75) is 27.7 Å². The first-order chi connectivity index (χ1) is 7.85. The molecule has 2 rings (SSSR count). The first kappa shape index (κ1) is 12.6. The van der Waals surface area contributed by atoms with Crippen LogP contribution in [-0.2, 0) is 0 Å². The molecule has 0 bridgehead atoms. The van der Waals surface area contributed by atoms with Crippen molar-refractivity contribution in [1.29, 1.82) is 0 Å². The number of hydrogen-bond donors (Lipinski definition) is 1. The number of rotatable bonds is 2. The fourth-order valence-corrected chi connectivity index (χ4v) is 2.60. The molecule has 0 aliphatic rings. The van der Waals surface area contributed by atoms with E-state index in [1.165, 1.54) is 4.88 Å². The lowest BCUT2D eigenvalue weighted by atomic mass is 9.97. The Morgan fingerprint density at radius 1 is 1.35 bits per heavy atom. The average Bonchev–Trinajstić information content (AvgIpc) is 2.53. The molecule has 0 aliphatic heterocycles. The van der Waals surface area contributed by atoms with Gasteiger partial charge in [0.2, 0.25) is 5.28 Å². The molecule has 1 N–H and O–H groups in total. The van der Waals surface area contributed by atoms with E-state index < -0.39 is 0 Å². The Bertz CT molecular complexity index is 542. The second kappa shape index (κ2) is 4.42. The zero-order valence-electron chi connectivity index (χ0n) is 10.5. The summed E-state index contributed by atoms with van der Waals surface area (Å²) in [7, 11) is 0. The van der Waals surface area contributed by atoms with Crippen LogP contribution in [0.5, 0.6) is 0 Å². The number of anilines is 1. The first-order valence-corrected chi connectivity index (χ1v) is 6.72. The number of hydrogen-bond acceptors (Lipinski definition) is 4. The Kier molecular flexibility index (Phi) is 3.27. The largest absolute Gasteiger partial charge is 0.369 e. The van der Waals surface area contributed by atoms with E-state index in [9.17, 15) is 0 Å². The van der Waals surface area contributed by atoms with Crippen LogP contribution in [0.25, 0.3) is 10.2 Å².